The lowest BCUT2D eigenvalue weighted by Gasteiger charge is -2.30. The lowest BCUT2D eigenvalue weighted by atomic mass is 9.99. The van der Waals surface area contributed by atoms with Crippen LogP contribution < -0.4 is 0 Å². The summed E-state index contributed by atoms with van der Waals surface area (Å²) in [4.78, 5) is 13.7. The largest absolute Gasteiger partial charge is 0.508 e. The second kappa shape index (κ2) is 5.41. The molecule has 0 fully saturated rings. The molecule has 1 N–H and O–H groups in total. The summed E-state index contributed by atoms with van der Waals surface area (Å²) in [5, 5.41) is 9.47. The topological polar surface area (TPSA) is 77.9 Å². The highest BCUT2D eigenvalue weighted by molar-refractivity contribution is 7.88. The first kappa shape index (κ1) is 14.8. The number of phenols is 1. The minimum atomic E-state index is -3.36. The number of hydrogen-bond acceptors (Lipinski definition) is 4. The van der Waals surface area contributed by atoms with Crippen molar-refractivity contribution < 1.29 is 18.3 Å². The van der Waals surface area contributed by atoms with Crippen molar-refractivity contribution in [3.05, 3.63) is 29.3 Å². The van der Waals surface area contributed by atoms with E-state index < -0.39 is 10.0 Å². The van der Waals surface area contributed by atoms with E-state index in [-0.39, 0.29) is 18.2 Å². The number of likely N-dealkylation sites (N-methyl/N-ethyl adjacent to an activating group) is 1. The first-order valence-electron chi connectivity index (χ1n) is 6.27. The maximum Gasteiger partial charge on any atom is 0.238 e. The van der Waals surface area contributed by atoms with Crippen LogP contribution in [-0.2, 0) is 27.8 Å². The van der Waals surface area contributed by atoms with Gasteiger partial charge < -0.3 is 10.0 Å². The number of rotatable bonds is 3. The van der Waals surface area contributed by atoms with Gasteiger partial charge in [-0.15, -0.1) is 0 Å². The number of hydrogen-bond donors (Lipinski definition) is 1. The molecule has 6 nitrogen and oxygen atoms in total. The average molecular weight is 298 g/mol. The fourth-order valence-corrected chi connectivity index (χ4v) is 2.51. The summed E-state index contributed by atoms with van der Waals surface area (Å²) in [6, 6.07) is 5.14. The molecule has 1 aromatic rings. The number of sulfonamides is 1. The Kier molecular flexibility index (Phi) is 4.01. The summed E-state index contributed by atoms with van der Waals surface area (Å²) < 4.78 is 23.7. The second-order valence-electron chi connectivity index (χ2n) is 5.04. The number of fused-ring (bicyclic) bond motifs is 1. The Morgan fingerprint density at radius 1 is 1.40 bits per heavy atom. The summed E-state index contributed by atoms with van der Waals surface area (Å²) in [6.07, 6.45) is 1.79. The number of amides is 1. The van der Waals surface area contributed by atoms with Crippen LogP contribution in [0.25, 0.3) is 0 Å². The van der Waals surface area contributed by atoms with E-state index in [2.05, 4.69) is 0 Å². The molecule has 0 bridgehead atoms. The third-order valence-electron chi connectivity index (χ3n) is 3.48. The van der Waals surface area contributed by atoms with Crippen LogP contribution in [-0.4, -0.2) is 55.0 Å². The van der Waals surface area contributed by atoms with E-state index in [1.807, 2.05) is 6.07 Å². The highest BCUT2D eigenvalue weighted by Gasteiger charge is 2.24. The van der Waals surface area contributed by atoms with Gasteiger partial charge in [0.1, 0.15) is 5.75 Å². The van der Waals surface area contributed by atoms with E-state index in [4.69, 9.17) is 0 Å². The summed E-state index contributed by atoms with van der Waals surface area (Å²) in [5.41, 5.74) is 2.02. The standard InChI is InChI=1S/C13H18N2O4S/c1-14(20(2,18)19)9-13(17)15-6-5-10-3-4-12(16)7-11(10)8-15/h3-4,7,16H,5-6,8-9H2,1-2H3. The van der Waals surface area contributed by atoms with E-state index >= 15 is 0 Å². The number of aromatic hydroxyl groups is 1. The van der Waals surface area contributed by atoms with E-state index in [0.29, 0.717) is 19.5 Å². The maximum absolute atomic E-state index is 12.1. The first-order chi connectivity index (χ1) is 9.27. The molecule has 7 heteroatoms. The number of carbonyl (C=O) groups excluding carboxylic acids is 1. The van der Waals surface area contributed by atoms with Crippen LogP contribution in [0.3, 0.4) is 0 Å². The van der Waals surface area contributed by atoms with Gasteiger partial charge in [0, 0.05) is 20.1 Å². The zero-order valence-electron chi connectivity index (χ0n) is 11.5. The lowest BCUT2D eigenvalue weighted by molar-refractivity contribution is -0.132. The van der Waals surface area contributed by atoms with Gasteiger partial charge in [-0.3, -0.25) is 4.79 Å². The zero-order chi connectivity index (χ0) is 14.9. The first-order valence-corrected chi connectivity index (χ1v) is 8.12. The zero-order valence-corrected chi connectivity index (χ0v) is 12.4. The van der Waals surface area contributed by atoms with Crippen molar-refractivity contribution in [3.63, 3.8) is 0 Å². The van der Waals surface area contributed by atoms with Gasteiger partial charge in [0.2, 0.25) is 15.9 Å². The van der Waals surface area contributed by atoms with Crippen molar-refractivity contribution in [1.82, 2.24) is 9.21 Å². The molecule has 1 aromatic carbocycles. The molecule has 0 aliphatic carbocycles. The Bertz CT molecular complexity index is 627. The van der Waals surface area contributed by atoms with Gasteiger partial charge in [-0.25, -0.2) is 8.42 Å². The Hall–Kier alpha value is -1.60. The summed E-state index contributed by atoms with van der Waals surface area (Å²) in [5.74, 6) is -0.0572. The molecule has 1 heterocycles. The SMILES string of the molecule is CN(CC(=O)N1CCc2ccc(O)cc2C1)S(C)(=O)=O. The molecule has 0 saturated heterocycles. The van der Waals surface area contributed by atoms with Crippen LogP contribution in [0.4, 0.5) is 0 Å². The minimum Gasteiger partial charge on any atom is -0.508 e. The van der Waals surface area contributed by atoms with E-state index in [9.17, 15) is 18.3 Å². The van der Waals surface area contributed by atoms with Crippen molar-refractivity contribution in [2.75, 3.05) is 26.4 Å². The molecule has 0 radical (unpaired) electrons. The van der Waals surface area contributed by atoms with Crippen LogP contribution in [0.1, 0.15) is 11.1 Å². The predicted molar refractivity (Wildman–Crippen MR) is 74.7 cm³/mol. The van der Waals surface area contributed by atoms with Gasteiger partial charge in [0.05, 0.1) is 12.8 Å². The Morgan fingerprint density at radius 3 is 2.75 bits per heavy atom. The number of nitrogens with zero attached hydrogens (tertiary/aromatic N) is 2. The predicted octanol–water partition coefficient (Wildman–Crippen LogP) is 0.168. The van der Waals surface area contributed by atoms with E-state index in [1.165, 1.54) is 7.05 Å². The molecule has 110 valence electrons. The van der Waals surface area contributed by atoms with Crippen molar-refractivity contribution in [3.8, 4) is 5.75 Å². The molecule has 1 amide bonds. The molecular weight excluding hydrogens is 280 g/mol. The third-order valence-corrected chi connectivity index (χ3v) is 4.74. The lowest BCUT2D eigenvalue weighted by Crippen LogP contribution is -2.43. The van der Waals surface area contributed by atoms with Gasteiger partial charge in [-0.2, -0.15) is 4.31 Å². The Labute approximate surface area is 118 Å². The van der Waals surface area contributed by atoms with E-state index in [1.54, 1.807) is 17.0 Å². The Balaban J connectivity index is 2.07. The smallest absolute Gasteiger partial charge is 0.238 e. The minimum absolute atomic E-state index is 0.160. The number of phenolic OH excluding ortho intramolecular Hbond substituents is 1. The quantitative estimate of drug-likeness (QED) is 0.863. The molecule has 0 spiro atoms. The highest BCUT2D eigenvalue weighted by Crippen LogP contribution is 2.23. The summed E-state index contributed by atoms with van der Waals surface area (Å²) >= 11 is 0. The van der Waals surface area contributed by atoms with Crippen LogP contribution >= 0.6 is 0 Å². The Morgan fingerprint density at radius 2 is 2.10 bits per heavy atom. The van der Waals surface area contributed by atoms with Gasteiger partial charge in [-0.1, -0.05) is 6.07 Å². The van der Waals surface area contributed by atoms with Crippen molar-refractivity contribution in [2.45, 2.75) is 13.0 Å². The average Bonchev–Trinajstić information content (AvgIpc) is 2.36. The van der Waals surface area contributed by atoms with Crippen LogP contribution in [0.2, 0.25) is 0 Å². The van der Waals surface area contributed by atoms with Crippen molar-refractivity contribution in [2.24, 2.45) is 0 Å². The monoisotopic (exact) mass is 298 g/mol. The van der Waals surface area contributed by atoms with Gasteiger partial charge >= 0.3 is 0 Å². The molecule has 1 aliphatic rings. The molecule has 0 atom stereocenters. The fraction of sp³-hybridized carbons (Fsp3) is 0.462. The highest BCUT2D eigenvalue weighted by atomic mass is 32.2. The summed E-state index contributed by atoms with van der Waals surface area (Å²) in [6.45, 7) is 0.807. The maximum atomic E-state index is 12.1. The molecule has 20 heavy (non-hydrogen) atoms. The molecule has 2 rings (SSSR count). The second-order valence-corrected chi connectivity index (χ2v) is 7.13. The van der Waals surface area contributed by atoms with Crippen molar-refractivity contribution in [1.29, 1.82) is 0 Å². The molecular formula is C13H18N2O4S. The molecule has 0 unspecified atom stereocenters. The summed E-state index contributed by atoms with van der Waals surface area (Å²) in [7, 11) is -1.97. The fourth-order valence-electron chi connectivity index (χ4n) is 2.16. The van der Waals surface area contributed by atoms with Crippen molar-refractivity contribution >= 4 is 15.9 Å². The van der Waals surface area contributed by atoms with Crippen LogP contribution in [0, 0.1) is 0 Å². The molecule has 1 aliphatic heterocycles. The number of benzene rings is 1. The van der Waals surface area contributed by atoms with Gasteiger partial charge in [0.25, 0.3) is 0 Å². The van der Waals surface area contributed by atoms with Crippen LogP contribution in [0.15, 0.2) is 18.2 Å². The van der Waals surface area contributed by atoms with Crippen LogP contribution in [0.5, 0.6) is 5.75 Å². The third kappa shape index (κ3) is 3.29. The molecule has 0 saturated carbocycles. The van der Waals surface area contributed by atoms with Gasteiger partial charge in [0.15, 0.2) is 0 Å². The van der Waals surface area contributed by atoms with E-state index in [0.717, 1.165) is 21.7 Å². The number of carbonyl (C=O) groups is 1. The normalized spacial score (nSPS) is 15.2. The van der Waals surface area contributed by atoms with Gasteiger partial charge in [-0.05, 0) is 29.7 Å². The molecule has 0 aromatic heterocycles.